The van der Waals surface area contributed by atoms with Crippen molar-refractivity contribution in [2.45, 2.75) is 18.9 Å². The molecule has 1 heterocycles. The Morgan fingerprint density at radius 1 is 1.13 bits per heavy atom. The SMILES string of the molecule is O=C(N[C@@H](c1ccccc1)c1cccc(F)c1)[C@H]1CCCOC1. The number of halogens is 1. The molecule has 4 heteroatoms. The van der Waals surface area contributed by atoms with Gasteiger partial charge in [0, 0.05) is 6.61 Å². The summed E-state index contributed by atoms with van der Waals surface area (Å²) < 4.78 is 19.0. The van der Waals surface area contributed by atoms with Gasteiger partial charge in [-0.1, -0.05) is 42.5 Å². The van der Waals surface area contributed by atoms with E-state index in [4.69, 9.17) is 4.74 Å². The van der Waals surface area contributed by atoms with Gasteiger partial charge in [-0.3, -0.25) is 4.79 Å². The van der Waals surface area contributed by atoms with Crippen molar-refractivity contribution < 1.29 is 13.9 Å². The van der Waals surface area contributed by atoms with Crippen LogP contribution in [0.2, 0.25) is 0 Å². The second-order valence-corrected chi connectivity index (χ2v) is 5.82. The van der Waals surface area contributed by atoms with Crippen molar-refractivity contribution in [3.63, 3.8) is 0 Å². The highest BCUT2D eigenvalue weighted by Gasteiger charge is 2.25. The van der Waals surface area contributed by atoms with Crippen molar-refractivity contribution in [1.82, 2.24) is 5.32 Å². The molecular formula is C19H20FNO2. The Bertz CT molecular complexity index is 653. The minimum atomic E-state index is -0.360. The zero-order chi connectivity index (χ0) is 16.1. The maximum Gasteiger partial charge on any atom is 0.226 e. The molecule has 0 aliphatic carbocycles. The van der Waals surface area contributed by atoms with E-state index in [0.717, 1.165) is 30.6 Å². The van der Waals surface area contributed by atoms with Gasteiger partial charge < -0.3 is 10.1 Å². The Labute approximate surface area is 135 Å². The molecule has 2 aromatic rings. The van der Waals surface area contributed by atoms with Gasteiger partial charge in [-0.2, -0.15) is 0 Å². The number of rotatable bonds is 4. The average molecular weight is 313 g/mol. The van der Waals surface area contributed by atoms with Crippen LogP contribution in [-0.2, 0) is 9.53 Å². The van der Waals surface area contributed by atoms with Crippen LogP contribution >= 0.6 is 0 Å². The lowest BCUT2D eigenvalue weighted by molar-refractivity contribution is -0.129. The van der Waals surface area contributed by atoms with Gasteiger partial charge in [-0.25, -0.2) is 4.39 Å². The Balaban J connectivity index is 1.85. The molecule has 1 saturated heterocycles. The van der Waals surface area contributed by atoms with Crippen LogP contribution in [0.3, 0.4) is 0 Å². The van der Waals surface area contributed by atoms with E-state index >= 15 is 0 Å². The first kappa shape index (κ1) is 15.7. The van der Waals surface area contributed by atoms with Crippen LogP contribution in [0.5, 0.6) is 0 Å². The van der Waals surface area contributed by atoms with Gasteiger partial charge in [0.15, 0.2) is 0 Å². The fraction of sp³-hybridized carbons (Fsp3) is 0.316. The minimum Gasteiger partial charge on any atom is -0.381 e. The molecule has 0 spiro atoms. The summed E-state index contributed by atoms with van der Waals surface area (Å²) in [6, 6.07) is 15.6. The third kappa shape index (κ3) is 3.96. The van der Waals surface area contributed by atoms with Crippen LogP contribution in [-0.4, -0.2) is 19.1 Å². The average Bonchev–Trinajstić information content (AvgIpc) is 2.61. The third-order valence-corrected chi connectivity index (χ3v) is 4.13. The first-order valence-electron chi connectivity index (χ1n) is 7.92. The van der Waals surface area contributed by atoms with Crippen molar-refractivity contribution in [3.05, 3.63) is 71.5 Å². The van der Waals surface area contributed by atoms with Crippen LogP contribution in [0.15, 0.2) is 54.6 Å². The molecule has 1 aliphatic rings. The number of ether oxygens (including phenoxy) is 1. The molecule has 3 nitrogen and oxygen atoms in total. The zero-order valence-electron chi connectivity index (χ0n) is 12.9. The van der Waals surface area contributed by atoms with Gasteiger partial charge in [0.2, 0.25) is 5.91 Å². The van der Waals surface area contributed by atoms with E-state index in [2.05, 4.69) is 5.32 Å². The molecule has 120 valence electrons. The third-order valence-electron chi connectivity index (χ3n) is 4.13. The van der Waals surface area contributed by atoms with E-state index in [1.165, 1.54) is 12.1 Å². The Kier molecular flexibility index (Phi) is 5.03. The predicted octanol–water partition coefficient (Wildman–Crippen LogP) is 3.46. The van der Waals surface area contributed by atoms with Gasteiger partial charge in [-0.15, -0.1) is 0 Å². The zero-order valence-corrected chi connectivity index (χ0v) is 12.9. The predicted molar refractivity (Wildman–Crippen MR) is 86.4 cm³/mol. The van der Waals surface area contributed by atoms with Gasteiger partial charge in [0.1, 0.15) is 5.82 Å². The van der Waals surface area contributed by atoms with E-state index in [-0.39, 0.29) is 23.7 Å². The molecule has 0 unspecified atom stereocenters. The number of amides is 1. The minimum absolute atomic E-state index is 0.0391. The summed E-state index contributed by atoms with van der Waals surface area (Å²) >= 11 is 0. The number of hydrogen-bond donors (Lipinski definition) is 1. The van der Waals surface area contributed by atoms with Gasteiger partial charge in [0.05, 0.1) is 18.6 Å². The summed E-state index contributed by atoms with van der Waals surface area (Å²) in [5, 5.41) is 3.06. The molecule has 23 heavy (non-hydrogen) atoms. The highest BCUT2D eigenvalue weighted by molar-refractivity contribution is 5.79. The summed E-state index contributed by atoms with van der Waals surface area (Å²) in [5.74, 6) is -0.481. The van der Waals surface area contributed by atoms with E-state index < -0.39 is 0 Å². The monoisotopic (exact) mass is 313 g/mol. The molecule has 1 fully saturated rings. The summed E-state index contributed by atoms with van der Waals surface area (Å²) in [4.78, 5) is 12.6. The first-order chi connectivity index (χ1) is 11.2. The van der Waals surface area contributed by atoms with Crippen molar-refractivity contribution in [2.75, 3.05) is 13.2 Å². The first-order valence-corrected chi connectivity index (χ1v) is 7.92. The highest BCUT2D eigenvalue weighted by atomic mass is 19.1. The Morgan fingerprint density at radius 3 is 2.61 bits per heavy atom. The second-order valence-electron chi connectivity index (χ2n) is 5.82. The highest BCUT2D eigenvalue weighted by Crippen LogP contribution is 2.24. The number of benzene rings is 2. The lowest BCUT2D eigenvalue weighted by atomic mass is 9.96. The largest absolute Gasteiger partial charge is 0.381 e. The normalized spacial score (nSPS) is 19.1. The Hall–Kier alpha value is -2.20. The van der Waals surface area contributed by atoms with E-state index in [0.29, 0.717) is 6.61 Å². The molecule has 1 amide bonds. The molecule has 3 rings (SSSR count). The summed E-state index contributed by atoms with van der Waals surface area (Å²) in [5.41, 5.74) is 1.67. The van der Waals surface area contributed by atoms with E-state index in [1.807, 2.05) is 36.4 Å². The molecule has 0 radical (unpaired) electrons. The standard InChI is InChI=1S/C19H20FNO2/c20-17-10-4-8-15(12-17)18(14-6-2-1-3-7-14)21-19(22)16-9-5-11-23-13-16/h1-4,6-8,10,12,16,18H,5,9,11,13H2,(H,21,22)/t16-,18-/m0/s1. The molecule has 1 N–H and O–H groups in total. The van der Waals surface area contributed by atoms with Crippen molar-refractivity contribution in [3.8, 4) is 0 Å². The molecule has 0 bridgehead atoms. The fourth-order valence-corrected chi connectivity index (χ4v) is 2.90. The van der Waals surface area contributed by atoms with Crippen LogP contribution < -0.4 is 5.32 Å². The fourth-order valence-electron chi connectivity index (χ4n) is 2.90. The quantitative estimate of drug-likeness (QED) is 0.939. The molecule has 2 atom stereocenters. The number of carbonyl (C=O) groups is 1. The maximum absolute atomic E-state index is 13.6. The van der Waals surface area contributed by atoms with E-state index in [9.17, 15) is 9.18 Å². The Morgan fingerprint density at radius 2 is 1.91 bits per heavy atom. The van der Waals surface area contributed by atoms with Crippen LogP contribution in [0.4, 0.5) is 4.39 Å². The molecular weight excluding hydrogens is 293 g/mol. The van der Waals surface area contributed by atoms with Crippen molar-refractivity contribution in [2.24, 2.45) is 5.92 Å². The lowest BCUT2D eigenvalue weighted by Gasteiger charge is -2.25. The van der Waals surface area contributed by atoms with Gasteiger partial charge >= 0.3 is 0 Å². The molecule has 1 aliphatic heterocycles. The van der Waals surface area contributed by atoms with Crippen LogP contribution in [0.1, 0.15) is 30.0 Å². The molecule has 2 aromatic carbocycles. The summed E-state index contributed by atoms with van der Waals surface area (Å²) in [7, 11) is 0. The lowest BCUT2D eigenvalue weighted by Crippen LogP contribution is -2.38. The smallest absolute Gasteiger partial charge is 0.226 e. The van der Waals surface area contributed by atoms with Crippen LogP contribution in [0, 0.1) is 11.7 Å². The molecule has 0 saturated carbocycles. The van der Waals surface area contributed by atoms with Crippen molar-refractivity contribution in [1.29, 1.82) is 0 Å². The maximum atomic E-state index is 13.6. The van der Waals surface area contributed by atoms with E-state index in [1.54, 1.807) is 6.07 Å². The number of nitrogens with one attached hydrogen (secondary N) is 1. The molecule has 0 aromatic heterocycles. The topological polar surface area (TPSA) is 38.3 Å². The number of hydrogen-bond acceptors (Lipinski definition) is 2. The second kappa shape index (κ2) is 7.38. The number of carbonyl (C=O) groups excluding carboxylic acids is 1. The van der Waals surface area contributed by atoms with Gasteiger partial charge in [-0.05, 0) is 36.1 Å². The summed E-state index contributed by atoms with van der Waals surface area (Å²) in [6.45, 7) is 1.17. The van der Waals surface area contributed by atoms with Crippen molar-refractivity contribution >= 4 is 5.91 Å². The van der Waals surface area contributed by atoms with Crippen LogP contribution in [0.25, 0.3) is 0 Å². The van der Waals surface area contributed by atoms with Gasteiger partial charge in [0.25, 0.3) is 0 Å². The summed E-state index contributed by atoms with van der Waals surface area (Å²) in [6.07, 6.45) is 1.73.